The SMILES string of the molecule is CCC(=S)COc1ccc(Oc2nc3cc(Cl)ccc3o2)cc1. The third-order valence-electron chi connectivity index (χ3n) is 3.15. The van der Waals surface area contributed by atoms with E-state index in [1.54, 1.807) is 30.3 Å². The summed E-state index contributed by atoms with van der Waals surface area (Å²) in [5, 5.41) is 0.601. The molecule has 0 saturated heterocycles. The van der Waals surface area contributed by atoms with Crippen LogP contribution in [0.5, 0.6) is 17.6 Å². The minimum absolute atomic E-state index is 0.170. The lowest BCUT2D eigenvalue weighted by molar-refractivity contribution is 0.341. The highest BCUT2D eigenvalue weighted by atomic mass is 35.5. The van der Waals surface area contributed by atoms with Crippen LogP contribution in [0.25, 0.3) is 11.1 Å². The van der Waals surface area contributed by atoms with Crippen LogP contribution in [0.1, 0.15) is 13.3 Å². The molecular weight excluding hydrogens is 334 g/mol. The van der Waals surface area contributed by atoms with Crippen molar-refractivity contribution in [2.24, 2.45) is 0 Å². The highest BCUT2D eigenvalue weighted by molar-refractivity contribution is 7.80. The summed E-state index contributed by atoms with van der Waals surface area (Å²) in [7, 11) is 0. The topological polar surface area (TPSA) is 44.5 Å². The molecule has 0 aliphatic carbocycles. The molecule has 0 saturated carbocycles. The standard InChI is InChI=1S/C17H14ClNO3S/c1-2-14(23)10-20-12-4-6-13(7-5-12)21-17-19-15-9-11(18)3-8-16(15)22-17/h3-9H,2,10H2,1H3. The predicted octanol–water partition coefficient (Wildman–Crippen LogP) is 5.43. The number of ether oxygens (including phenoxy) is 2. The van der Waals surface area contributed by atoms with Gasteiger partial charge in [0, 0.05) is 9.89 Å². The monoisotopic (exact) mass is 347 g/mol. The van der Waals surface area contributed by atoms with Gasteiger partial charge in [0.1, 0.15) is 23.6 Å². The van der Waals surface area contributed by atoms with Crippen LogP contribution in [0.4, 0.5) is 0 Å². The molecule has 0 aliphatic rings. The summed E-state index contributed by atoms with van der Waals surface area (Å²) >= 11 is 11.1. The van der Waals surface area contributed by atoms with E-state index >= 15 is 0 Å². The van der Waals surface area contributed by atoms with E-state index in [0.717, 1.165) is 17.0 Å². The number of hydrogen-bond donors (Lipinski definition) is 0. The molecule has 3 aromatic rings. The Morgan fingerprint density at radius 1 is 1.17 bits per heavy atom. The summed E-state index contributed by atoms with van der Waals surface area (Å²) in [4.78, 5) is 5.12. The van der Waals surface area contributed by atoms with Crippen molar-refractivity contribution in [3.05, 3.63) is 47.5 Å². The average molecular weight is 348 g/mol. The highest BCUT2D eigenvalue weighted by Crippen LogP contribution is 2.28. The number of nitrogens with zero attached hydrogens (tertiary/aromatic N) is 1. The number of rotatable bonds is 6. The molecule has 118 valence electrons. The van der Waals surface area contributed by atoms with Gasteiger partial charge in [-0.05, 0) is 48.9 Å². The van der Waals surface area contributed by atoms with E-state index in [9.17, 15) is 0 Å². The van der Waals surface area contributed by atoms with E-state index < -0.39 is 0 Å². The van der Waals surface area contributed by atoms with Gasteiger partial charge in [0.15, 0.2) is 5.58 Å². The van der Waals surface area contributed by atoms with Crippen LogP contribution in [0.3, 0.4) is 0 Å². The fourth-order valence-corrected chi connectivity index (χ4v) is 2.12. The summed E-state index contributed by atoms with van der Waals surface area (Å²) in [6, 6.07) is 12.4. The molecule has 0 atom stereocenters. The van der Waals surface area contributed by atoms with E-state index in [1.165, 1.54) is 0 Å². The van der Waals surface area contributed by atoms with Gasteiger partial charge in [0.05, 0.1) is 0 Å². The van der Waals surface area contributed by atoms with E-state index in [-0.39, 0.29) is 6.08 Å². The summed E-state index contributed by atoms with van der Waals surface area (Å²) < 4.78 is 16.7. The fourth-order valence-electron chi connectivity index (χ4n) is 1.89. The maximum atomic E-state index is 5.92. The minimum Gasteiger partial charge on any atom is -0.488 e. The first-order valence-electron chi connectivity index (χ1n) is 7.12. The number of halogens is 1. The predicted molar refractivity (Wildman–Crippen MR) is 93.9 cm³/mol. The molecule has 0 spiro atoms. The Morgan fingerprint density at radius 3 is 2.65 bits per heavy atom. The lowest BCUT2D eigenvalue weighted by Gasteiger charge is -2.06. The van der Waals surface area contributed by atoms with Crippen LogP contribution in [0, 0.1) is 0 Å². The minimum atomic E-state index is 0.170. The van der Waals surface area contributed by atoms with E-state index in [4.69, 9.17) is 37.7 Å². The largest absolute Gasteiger partial charge is 0.488 e. The molecule has 3 rings (SSSR count). The Balaban J connectivity index is 1.68. The fraction of sp³-hybridized carbons (Fsp3) is 0.176. The number of thiocarbonyl (C=S) groups is 1. The zero-order valence-corrected chi connectivity index (χ0v) is 14.0. The quantitative estimate of drug-likeness (QED) is 0.556. The Labute approximate surface area is 144 Å². The Hall–Kier alpha value is -2.11. The second-order valence-electron chi connectivity index (χ2n) is 4.85. The molecule has 0 bridgehead atoms. The van der Waals surface area contributed by atoms with Crippen molar-refractivity contribution in [3.8, 4) is 17.6 Å². The molecular formula is C17H14ClNO3S. The van der Waals surface area contributed by atoms with Crippen LogP contribution >= 0.6 is 23.8 Å². The number of aromatic nitrogens is 1. The maximum absolute atomic E-state index is 5.92. The number of fused-ring (bicyclic) bond motifs is 1. The van der Waals surface area contributed by atoms with Gasteiger partial charge in [-0.15, -0.1) is 0 Å². The van der Waals surface area contributed by atoms with Gasteiger partial charge in [-0.2, -0.15) is 4.98 Å². The lowest BCUT2D eigenvalue weighted by atomic mass is 10.3. The van der Waals surface area contributed by atoms with Gasteiger partial charge >= 0.3 is 6.08 Å². The smallest absolute Gasteiger partial charge is 0.400 e. The molecule has 23 heavy (non-hydrogen) atoms. The molecule has 1 aromatic heterocycles. The van der Waals surface area contributed by atoms with Crippen LogP contribution < -0.4 is 9.47 Å². The second-order valence-corrected chi connectivity index (χ2v) is 5.86. The molecule has 0 fully saturated rings. The first-order valence-corrected chi connectivity index (χ1v) is 7.91. The maximum Gasteiger partial charge on any atom is 0.400 e. The van der Waals surface area contributed by atoms with Crippen LogP contribution in [-0.4, -0.2) is 16.5 Å². The van der Waals surface area contributed by atoms with Crippen LogP contribution in [0.15, 0.2) is 46.9 Å². The normalized spacial score (nSPS) is 10.7. The van der Waals surface area contributed by atoms with Crippen molar-refractivity contribution in [2.75, 3.05) is 6.61 Å². The molecule has 0 unspecified atom stereocenters. The average Bonchev–Trinajstić information content (AvgIpc) is 2.95. The van der Waals surface area contributed by atoms with Gasteiger partial charge in [0.2, 0.25) is 0 Å². The number of benzene rings is 2. The molecule has 1 heterocycles. The van der Waals surface area contributed by atoms with Crippen LogP contribution in [-0.2, 0) is 0 Å². The Morgan fingerprint density at radius 2 is 1.91 bits per heavy atom. The van der Waals surface area contributed by atoms with E-state index in [1.807, 2.05) is 19.1 Å². The number of oxazole rings is 1. The molecule has 0 aliphatic heterocycles. The zero-order chi connectivity index (χ0) is 16.2. The molecule has 0 N–H and O–H groups in total. The van der Waals surface area contributed by atoms with Crippen molar-refractivity contribution in [1.29, 1.82) is 0 Å². The Bertz CT molecular complexity index is 829. The molecule has 6 heteroatoms. The van der Waals surface area contributed by atoms with Crippen molar-refractivity contribution in [1.82, 2.24) is 4.98 Å². The molecule has 2 aromatic carbocycles. The van der Waals surface area contributed by atoms with Gasteiger partial charge in [0.25, 0.3) is 0 Å². The van der Waals surface area contributed by atoms with E-state index in [2.05, 4.69) is 4.98 Å². The van der Waals surface area contributed by atoms with Crippen LogP contribution in [0.2, 0.25) is 5.02 Å². The van der Waals surface area contributed by atoms with Gasteiger partial charge in [-0.25, -0.2) is 0 Å². The van der Waals surface area contributed by atoms with Gasteiger partial charge in [-0.1, -0.05) is 30.7 Å². The summed E-state index contributed by atoms with van der Waals surface area (Å²) in [5.41, 5.74) is 1.28. The summed E-state index contributed by atoms with van der Waals surface area (Å²) in [5.74, 6) is 1.34. The first-order chi connectivity index (χ1) is 11.1. The summed E-state index contributed by atoms with van der Waals surface area (Å²) in [6.07, 6.45) is 1.00. The van der Waals surface area contributed by atoms with Crippen molar-refractivity contribution >= 4 is 39.8 Å². The van der Waals surface area contributed by atoms with Gasteiger partial charge < -0.3 is 13.9 Å². The van der Waals surface area contributed by atoms with Gasteiger partial charge in [-0.3, -0.25) is 0 Å². The molecule has 0 radical (unpaired) electrons. The summed E-state index contributed by atoms with van der Waals surface area (Å²) in [6.45, 7) is 2.45. The molecule has 4 nitrogen and oxygen atoms in total. The Kier molecular flexibility index (Phi) is 4.79. The molecule has 0 amide bonds. The van der Waals surface area contributed by atoms with Crippen molar-refractivity contribution in [2.45, 2.75) is 13.3 Å². The van der Waals surface area contributed by atoms with E-state index in [0.29, 0.717) is 28.5 Å². The zero-order valence-electron chi connectivity index (χ0n) is 12.4. The first kappa shape index (κ1) is 15.8. The van der Waals surface area contributed by atoms with Crippen molar-refractivity contribution < 1.29 is 13.9 Å². The number of hydrogen-bond acceptors (Lipinski definition) is 5. The highest BCUT2D eigenvalue weighted by Gasteiger charge is 2.08. The van der Waals surface area contributed by atoms with Crippen molar-refractivity contribution in [3.63, 3.8) is 0 Å². The second kappa shape index (κ2) is 6.98. The third kappa shape index (κ3) is 4.00. The third-order valence-corrected chi connectivity index (χ3v) is 3.79. The lowest BCUT2D eigenvalue weighted by Crippen LogP contribution is -2.07.